The summed E-state index contributed by atoms with van der Waals surface area (Å²) >= 11 is 0. The third-order valence-electron chi connectivity index (χ3n) is 2.04. The zero-order chi connectivity index (χ0) is 12.2. The Labute approximate surface area is 95.0 Å². The number of amides is 1. The van der Waals surface area contributed by atoms with Gasteiger partial charge < -0.3 is 15.8 Å². The smallest absolute Gasteiger partial charge is 0.255 e. The van der Waals surface area contributed by atoms with E-state index in [4.69, 9.17) is 10.5 Å². The van der Waals surface area contributed by atoms with Crippen molar-refractivity contribution >= 4 is 11.7 Å². The van der Waals surface area contributed by atoms with Crippen LogP contribution in [0.4, 0.5) is 5.82 Å². The number of rotatable bonds is 4. The van der Waals surface area contributed by atoms with Crippen LogP contribution in [-0.2, 0) is 4.74 Å². The van der Waals surface area contributed by atoms with Crippen molar-refractivity contribution in [3.63, 3.8) is 0 Å². The van der Waals surface area contributed by atoms with Gasteiger partial charge in [0.05, 0.1) is 17.7 Å². The van der Waals surface area contributed by atoms with Crippen LogP contribution in [0.2, 0.25) is 0 Å². The summed E-state index contributed by atoms with van der Waals surface area (Å²) in [4.78, 5) is 15.7. The van der Waals surface area contributed by atoms with Crippen LogP contribution in [0, 0.1) is 0 Å². The van der Waals surface area contributed by atoms with Gasteiger partial charge in [0.1, 0.15) is 5.82 Å². The van der Waals surface area contributed by atoms with Crippen molar-refractivity contribution in [2.24, 2.45) is 0 Å². The highest BCUT2D eigenvalue weighted by Crippen LogP contribution is 2.10. The molecule has 0 saturated carbocycles. The minimum Gasteiger partial charge on any atom is -0.383 e. The number of hydrogen-bond donors (Lipinski definition) is 2. The van der Waals surface area contributed by atoms with E-state index in [0.29, 0.717) is 12.2 Å². The normalized spacial score (nSPS) is 11.2. The Kier molecular flexibility index (Phi) is 3.84. The SMILES string of the molecule is COCC(C)(C)NC(=O)c1cccnc1N. The Morgan fingerprint density at radius 1 is 1.62 bits per heavy atom. The quantitative estimate of drug-likeness (QED) is 0.792. The highest BCUT2D eigenvalue weighted by atomic mass is 16.5. The zero-order valence-electron chi connectivity index (χ0n) is 9.78. The summed E-state index contributed by atoms with van der Waals surface area (Å²) < 4.78 is 5.01. The van der Waals surface area contributed by atoms with E-state index >= 15 is 0 Å². The number of carbonyl (C=O) groups is 1. The topological polar surface area (TPSA) is 77.2 Å². The zero-order valence-corrected chi connectivity index (χ0v) is 9.78. The average Bonchev–Trinajstić information content (AvgIpc) is 2.17. The summed E-state index contributed by atoms with van der Waals surface area (Å²) in [5, 5.41) is 2.83. The fourth-order valence-electron chi connectivity index (χ4n) is 1.38. The van der Waals surface area contributed by atoms with Gasteiger partial charge in [0.15, 0.2) is 0 Å². The molecule has 0 saturated heterocycles. The summed E-state index contributed by atoms with van der Waals surface area (Å²) in [7, 11) is 1.59. The van der Waals surface area contributed by atoms with E-state index in [1.165, 1.54) is 0 Å². The lowest BCUT2D eigenvalue weighted by Crippen LogP contribution is -2.46. The third kappa shape index (κ3) is 3.20. The molecule has 0 spiro atoms. The van der Waals surface area contributed by atoms with Crippen LogP contribution in [-0.4, -0.2) is 30.1 Å². The summed E-state index contributed by atoms with van der Waals surface area (Å²) in [5.41, 5.74) is 5.56. The number of nitrogens with two attached hydrogens (primary N) is 1. The third-order valence-corrected chi connectivity index (χ3v) is 2.04. The van der Waals surface area contributed by atoms with E-state index < -0.39 is 5.54 Å². The molecule has 0 radical (unpaired) electrons. The van der Waals surface area contributed by atoms with Gasteiger partial charge in [0.25, 0.3) is 5.91 Å². The highest BCUT2D eigenvalue weighted by molar-refractivity contribution is 5.98. The molecule has 1 aromatic rings. The second-order valence-corrected chi connectivity index (χ2v) is 4.21. The molecule has 5 nitrogen and oxygen atoms in total. The Hall–Kier alpha value is -1.62. The molecule has 3 N–H and O–H groups in total. The van der Waals surface area contributed by atoms with Crippen molar-refractivity contribution in [1.29, 1.82) is 0 Å². The first kappa shape index (κ1) is 12.4. The van der Waals surface area contributed by atoms with Crippen LogP contribution in [0.15, 0.2) is 18.3 Å². The Bertz CT molecular complexity index is 377. The van der Waals surface area contributed by atoms with Gasteiger partial charge in [0, 0.05) is 13.3 Å². The fourth-order valence-corrected chi connectivity index (χ4v) is 1.38. The van der Waals surface area contributed by atoms with E-state index in [9.17, 15) is 4.79 Å². The second kappa shape index (κ2) is 4.94. The number of ether oxygens (including phenoxy) is 1. The van der Waals surface area contributed by atoms with Crippen molar-refractivity contribution in [3.8, 4) is 0 Å². The van der Waals surface area contributed by atoms with Crippen molar-refractivity contribution in [3.05, 3.63) is 23.9 Å². The molecule has 0 aliphatic rings. The molecule has 16 heavy (non-hydrogen) atoms. The van der Waals surface area contributed by atoms with Crippen molar-refractivity contribution in [2.75, 3.05) is 19.5 Å². The van der Waals surface area contributed by atoms with Gasteiger partial charge in [-0.15, -0.1) is 0 Å². The van der Waals surface area contributed by atoms with Gasteiger partial charge >= 0.3 is 0 Å². The molecule has 0 aromatic carbocycles. The van der Waals surface area contributed by atoms with Crippen LogP contribution in [0.5, 0.6) is 0 Å². The van der Waals surface area contributed by atoms with E-state index in [0.717, 1.165) is 0 Å². The number of nitrogens with zero attached hydrogens (tertiary/aromatic N) is 1. The minimum atomic E-state index is -0.436. The number of nitrogen functional groups attached to an aromatic ring is 1. The van der Waals surface area contributed by atoms with E-state index in [1.807, 2.05) is 13.8 Å². The van der Waals surface area contributed by atoms with E-state index in [1.54, 1.807) is 25.4 Å². The lowest BCUT2D eigenvalue weighted by molar-refractivity contribution is 0.0820. The second-order valence-electron chi connectivity index (χ2n) is 4.21. The minimum absolute atomic E-state index is 0.230. The number of aromatic nitrogens is 1. The predicted molar refractivity (Wildman–Crippen MR) is 62.1 cm³/mol. The van der Waals surface area contributed by atoms with Gasteiger partial charge in [-0.3, -0.25) is 4.79 Å². The maximum atomic E-state index is 11.9. The first-order valence-corrected chi connectivity index (χ1v) is 4.98. The van der Waals surface area contributed by atoms with E-state index in [-0.39, 0.29) is 11.7 Å². The molecular formula is C11H17N3O2. The molecule has 0 bridgehead atoms. The first-order chi connectivity index (χ1) is 7.46. The summed E-state index contributed by atoms with van der Waals surface area (Å²) in [6.07, 6.45) is 1.55. The molecule has 1 aromatic heterocycles. The summed E-state index contributed by atoms with van der Waals surface area (Å²) in [5.74, 6) is -0.0131. The van der Waals surface area contributed by atoms with Crippen LogP contribution < -0.4 is 11.1 Å². The fraction of sp³-hybridized carbons (Fsp3) is 0.455. The predicted octanol–water partition coefficient (Wildman–Crippen LogP) is 0.819. The Morgan fingerprint density at radius 3 is 2.88 bits per heavy atom. The number of carbonyl (C=O) groups excluding carboxylic acids is 1. The molecule has 88 valence electrons. The number of nitrogens with one attached hydrogen (secondary N) is 1. The van der Waals surface area contributed by atoms with Gasteiger partial charge in [-0.25, -0.2) is 4.98 Å². The summed E-state index contributed by atoms with van der Waals surface area (Å²) in [6, 6.07) is 3.31. The molecule has 0 aliphatic heterocycles. The van der Waals surface area contributed by atoms with Crippen LogP contribution in [0.1, 0.15) is 24.2 Å². The summed E-state index contributed by atoms with van der Waals surface area (Å²) in [6.45, 7) is 4.18. The largest absolute Gasteiger partial charge is 0.383 e. The van der Waals surface area contributed by atoms with Gasteiger partial charge in [-0.1, -0.05) is 0 Å². The highest BCUT2D eigenvalue weighted by Gasteiger charge is 2.22. The maximum Gasteiger partial charge on any atom is 0.255 e. The lowest BCUT2D eigenvalue weighted by atomic mass is 10.1. The van der Waals surface area contributed by atoms with Crippen molar-refractivity contribution in [2.45, 2.75) is 19.4 Å². The number of pyridine rings is 1. The van der Waals surface area contributed by atoms with Crippen LogP contribution in [0.3, 0.4) is 0 Å². The Morgan fingerprint density at radius 2 is 2.31 bits per heavy atom. The number of hydrogen-bond acceptors (Lipinski definition) is 4. The van der Waals surface area contributed by atoms with Gasteiger partial charge in [0.2, 0.25) is 0 Å². The number of methoxy groups -OCH3 is 1. The molecule has 5 heteroatoms. The molecule has 1 heterocycles. The average molecular weight is 223 g/mol. The van der Waals surface area contributed by atoms with Gasteiger partial charge in [-0.05, 0) is 26.0 Å². The van der Waals surface area contributed by atoms with Gasteiger partial charge in [-0.2, -0.15) is 0 Å². The number of anilines is 1. The molecule has 0 unspecified atom stereocenters. The van der Waals surface area contributed by atoms with Crippen molar-refractivity contribution in [1.82, 2.24) is 10.3 Å². The lowest BCUT2D eigenvalue weighted by Gasteiger charge is -2.25. The molecular weight excluding hydrogens is 206 g/mol. The standard InChI is InChI=1S/C11H17N3O2/c1-11(2,7-16-3)14-10(15)8-5-4-6-13-9(8)12/h4-6H,7H2,1-3H3,(H2,12,13)(H,14,15). The maximum absolute atomic E-state index is 11.9. The van der Waals surface area contributed by atoms with E-state index in [2.05, 4.69) is 10.3 Å². The molecule has 1 rings (SSSR count). The molecule has 0 fully saturated rings. The molecule has 0 aliphatic carbocycles. The monoisotopic (exact) mass is 223 g/mol. The molecule has 0 atom stereocenters. The van der Waals surface area contributed by atoms with Crippen molar-refractivity contribution < 1.29 is 9.53 Å². The molecule has 1 amide bonds. The first-order valence-electron chi connectivity index (χ1n) is 4.98. The van der Waals surface area contributed by atoms with Crippen LogP contribution in [0.25, 0.3) is 0 Å². The Balaban J connectivity index is 2.77. The van der Waals surface area contributed by atoms with Crippen LogP contribution >= 0.6 is 0 Å².